The van der Waals surface area contributed by atoms with Crippen LogP contribution < -0.4 is 5.32 Å². The van der Waals surface area contributed by atoms with Gasteiger partial charge in [-0.3, -0.25) is 4.79 Å². The Morgan fingerprint density at radius 2 is 1.70 bits per heavy atom. The molecule has 0 atom stereocenters. The number of aliphatic carboxylic acids is 1. The number of carboxylic acid groups (broad SMARTS) is 1. The van der Waals surface area contributed by atoms with Crippen molar-refractivity contribution < 1.29 is 45.4 Å². The molecule has 0 aliphatic carbocycles. The Morgan fingerprint density at radius 1 is 1.15 bits per heavy atom. The summed E-state index contributed by atoms with van der Waals surface area (Å²) in [5.74, 6) is -3.62. The van der Waals surface area contributed by atoms with Crippen molar-refractivity contribution in [3.63, 3.8) is 0 Å². The first kappa shape index (κ1) is 28.7. The van der Waals surface area contributed by atoms with Gasteiger partial charge in [-0.25, -0.2) is 17.6 Å². The summed E-state index contributed by atoms with van der Waals surface area (Å²) in [6.45, 7) is 3.08. The number of benzene rings is 1. The summed E-state index contributed by atoms with van der Waals surface area (Å²) in [7, 11) is -1.85. The number of alkyl halides is 3. The van der Waals surface area contributed by atoms with Gasteiger partial charge in [-0.2, -0.15) is 17.5 Å². The number of methoxy groups -OCH3 is 1. The molecule has 0 unspecified atom stereocenters. The molecule has 0 aromatic heterocycles. The van der Waals surface area contributed by atoms with E-state index in [1.807, 2.05) is 0 Å². The molecule has 9 nitrogen and oxygen atoms in total. The maximum Gasteiger partial charge on any atom is 0.490 e. The number of nitrogens with zero attached hydrogens (tertiary/aromatic N) is 2. The number of rotatable bonds is 9. The van der Waals surface area contributed by atoms with E-state index in [-0.39, 0.29) is 18.2 Å². The van der Waals surface area contributed by atoms with Gasteiger partial charge in [0.25, 0.3) is 5.91 Å². The minimum atomic E-state index is -5.08. The number of carbonyl (C=O) groups excluding carboxylic acids is 1. The zero-order chi connectivity index (χ0) is 25.1. The largest absolute Gasteiger partial charge is 0.490 e. The normalized spacial score (nSPS) is 14.8. The van der Waals surface area contributed by atoms with E-state index in [9.17, 15) is 30.8 Å². The number of hydrogen-bond donors (Lipinski definition) is 2. The van der Waals surface area contributed by atoms with E-state index in [1.54, 1.807) is 7.11 Å². The van der Waals surface area contributed by atoms with Gasteiger partial charge in [-0.15, -0.1) is 0 Å². The van der Waals surface area contributed by atoms with E-state index in [1.165, 1.54) is 33.5 Å². The van der Waals surface area contributed by atoms with Gasteiger partial charge in [0.1, 0.15) is 5.82 Å². The fourth-order valence-electron chi connectivity index (χ4n) is 2.77. The minimum Gasteiger partial charge on any atom is -0.475 e. The van der Waals surface area contributed by atoms with Crippen LogP contribution in [0.15, 0.2) is 24.3 Å². The molecule has 0 spiro atoms. The monoisotopic (exact) mass is 501 g/mol. The second-order valence-corrected chi connectivity index (χ2v) is 9.00. The van der Waals surface area contributed by atoms with Crippen LogP contribution in [0.4, 0.5) is 17.6 Å². The summed E-state index contributed by atoms with van der Waals surface area (Å²) in [6, 6.07) is 5.26. The average molecular weight is 501 g/mol. The topological polar surface area (TPSA) is 116 Å². The standard InChI is InChI=1S/C17H26FN3O4S.C2HF3O2/c1-25-13-2-9-20(17(22)15-3-5-16(18)6-4-15)12-14-26(23,24)21-10-7-19-8-11-21;3-2(4,5)1(6)7/h3-6,19H,2,7-14H2,1H3;(H,6,7). The Bertz CT molecular complexity index is 859. The Kier molecular flexibility index (Phi) is 11.7. The summed E-state index contributed by atoms with van der Waals surface area (Å²) in [5, 5.41) is 10.2. The van der Waals surface area contributed by atoms with Crippen LogP contribution in [-0.4, -0.2) is 99.5 Å². The first-order valence-corrected chi connectivity index (χ1v) is 11.5. The molecular formula is C19H27F4N3O6S. The third-order valence-electron chi connectivity index (χ3n) is 4.49. The zero-order valence-corrected chi connectivity index (χ0v) is 18.8. The highest BCUT2D eigenvalue weighted by molar-refractivity contribution is 7.89. The molecule has 1 fully saturated rings. The SMILES string of the molecule is COCCCN(CCS(=O)(=O)N1CCNCC1)C(=O)c1ccc(F)cc1.O=C(O)C(F)(F)F. The van der Waals surface area contributed by atoms with E-state index < -0.39 is 28.0 Å². The fraction of sp³-hybridized carbons (Fsp3) is 0.579. The Balaban J connectivity index is 0.000000675. The first-order chi connectivity index (χ1) is 15.4. The molecule has 1 saturated heterocycles. The number of nitrogens with one attached hydrogen (secondary N) is 1. The lowest BCUT2D eigenvalue weighted by molar-refractivity contribution is -0.192. The lowest BCUT2D eigenvalue weighted by atomic mass is 10.2. The van der Waals surface area contributed by atoms with Crippen molar-refractivity contribution in [3.05, 3.63) is 35.6 Å². The van der Waals surface area contributed by atoms with Gasteiger partial charge < -0.3 is 20.1 Å². The lowest BCUT2D eigenvalue weighted by Crippen LogP contribution is -2.48. The van der Waals surface area contributed by atoms with Gasteiger partial charge in [0.05, 0.1) is 5.75 Å². The molecule has 2 N–H and O–H groups in total. The number of carboxylic acids is 1. The van der Waals surface area contributed by atoms with Crippen molar-refractivity contribution >= 4 is 21.9 Å². The number of ether oxygens (including phenoxy) is 1. The van der Waals surface area contributed by atoms with Crippen LogP contribution in [0.1, 0.15) is 16.8 Å². The molecule has 0 bridgehead atoms. The molecular weight excluding hydrogens is 474 g/mol. The lowest BCUT2D eigenvalue weighted by Gasteiger charge is -2.28. The third-order valence-corrected chi connectivity index (χ3v) is 6.34. The van der Waals surface area contributed by atoms with E-state index in [4.69, 9.17) is 14.6 Å². The zero-order valence-electron chi connectivity index (χ0n) is 18.0. The Morgan fingerprint density at radius 3 is 2.18 bits per heavy atom. The maximum absolute atomic E-state index is 13.1. The minimum absolute atomic E-state index is 0.0895. The molecule has 1 aliphatic heterocycles. The predicted octanol–water partition coefficient (Wildman–Crippen LogP) is 1.17. The van der Waals surface area contributed by atoms with E-state index in [0.29, 0.717) is 51.3 Å². The molecule has 0 saturated carbocycles. The van der Waals surface area contributed by atoms with Crippen molar-refractivity contribution in [2.45, 2.75) is 12.6 Å². The second-order valence-electron chi connectivity index (χ2n) is 6.91. The molecule has 1 amide bonds. The van der Waals surface area contributed by atoms with Crippen LogP contribution in [-0.2, 0) is 19.6 Å². The number of amides is 1. The summed E-state index contributed by atoms with van der Waals surface area (Å²) >= 11 is 0. The summed E-state index contributed by atoms with van der Waals surface area (Å²) < 4.78 is 76.3. The van der Waals surface area contributed by atoms with Gasteiger partial charge in [0, 0.05) is 58.5 Å². The van der Waals surface area contributed by atoms with Crippen molar-refractivity contribution in [2.75, 3.05) is 58.7 Å². The van der Waals surface area contributed by atoms with Crippen LogP contribution in [0.2, 0.25) is 0 Å². The molecule has 0 radical (unpaired) electrons. The van der Waals surface area contributed by atoms with E-state index >= 15 is 0 Å². The third kappa shape index (κ3) is 10.5. The fourth-order valence-corrected chi connectivity index (χ4v) is 4.22. The predicted molar refractivity (Wildman–Crippen MR) is 111 cm³/mol. The number of hydrogen-bond acceptors (Lipinski definition) is 6. The summed E-state index contributed by atoms with van der Waals surface area (Å²) in [5.41, 5.74) is 0.336. The smallest absolute Gasteiger partial charge is 0.475 e. The summed E-state index contributed by atoms with van der Waals surface area (Å²) in [4.78, 5) is 23.1. The molecule has 1 aliphatic rings. The van der Waals surface area contributed by atoms with Gasteiger partial charge in [-0.1, -0.05) is 0 Å². The first-order valence-electron chi connectivity index (χ1n) is 9.91. The molecule has 1 heterocycles. The number of sulfonamides is 1. The molecule has 2 rings (SSSR count). The quantitative estimate of drug-likeness (QED) is 0.386. The molecule has 1 aromatic rings. The maximum atomic E-state index is 13.1. The van der Waals surface area contributed by atoms with Crippen molar-refractivity contribution in [3.8, 4) is 0 Å². The van der Waals surface area contributed by atoms with Crippen LogP contribution in [0.3, 0.4) is 0 Å². The molecule has 188 valence electrons. The molecule has 33 heavy (non-hydrogen) atoms. The van der Waals surface area contributed by atoms with Gasteiger partial charge in [-0.05, 0) is 30.7 Å². The number of carbonyl (C=O) groups is 2. The van der Waals surface area contributed by atoms with E-state index in [0.717, 1.165) is 0 Å². The van der Waals surface area contributed by atoms with Crippen LogP contribution in [0.25, 0.3) is 0 Å². The second kappa shape index (κ2) is 13.4. The Labute approximate surface area is 189 Å². The van der Waals surface area contributed by atoms with Crippen molar-refractivity contribution in [2.24, 2.45) is 0 Å². The number of halogens is 4. The van der Waals surface area contributed by atoms with Crippen LogP contribution in [0, 0.1) is 5.82 Å². The highest BCUT2D eigenvalue weighted by Gasteiger charge is 2.38. The number of piperazine rings is 1. The van der Waals surface area contributed by atoms with Crippen LogP contribution in [0.5, 0.6) is 0 Å². The van der Waals surface area contributed by atoms with Gasteiger partial charge in [0.2, 0.25) is 10.0 Å². The highest BCUT2D eigenvalue weighted by atomic mass is 32.2. The van der Waals surface area contributed by atoms with Gasteiger partial charge in [0.15, 0.2) is 0 Å². The summed E-state index contributed by atoms with van der Waals surface area (Å²) in [6.07, 6.45) is -4.49. The van der Waals surface area contributed by atoms with Crippen molar-refractivity contribution in [1.29, 1.82) is 0 Å². The molecule has 1 aromatic carbocycles. The highest BCUT2D eigenvalue weighted by Crippen LogP contribution is 2.13. The van der Waals surface area contributed by atoms with Crippen molar-refractivity contribution in [1.82, 2.24) is 14.5 Å². The Hall–Kier alpha value is -2.29. The van der Waals surface area contributed by atoms with Crippen LogP contribution >= 0.6 is 0 Å². The van der Waals surface area contributed by atoms with E-state index in [2.05, 4.69) is 5.32 Å². The average Bonchev–Trinajstić information content (AvgIpc) is 2.76. The van der Waals surface area contributed by atoms with Gasteiger partial charge >= 0.3 is 12.1 Å². The molecule has 14 heteroatoms.